The van der Waals surface area contributed by atoms with E-state index >= 15 is 0 Å². The van der Waals surface area contributed by atoms with Crippen LogP contribution in [0.25, 0.3) is 0 Å². The van der Waals surface area contributed by atoms with E-state index in [1.807, 2.05) is 6.07 Å². The summed E-state index contributed by atoms with van der Waals surface area (Å²) in [7, 11) is 0. The van der Waals surface area contributed by atoms with Gasteiger partial charge in [-0.2, -0.15) is 0 Å². The van der Waals surface area contributed by atoms with E-state index in [2.05, 4.69) is 17.4 Å². The summed E-state index contributed by atoms with van der Waals surface area (Å²) < 4.78 is 5.21. The molecule has 3 amide bonds. The third-order valence-corrected chi connectivity index (χ3v) is 4.54. The van der Waals surface area contributed by atoms with Crippen LogP contribution in [0.2, 0.25) is 0 Å². The number of benzene rings is 1. The quantitative estimate of drug-likeness (QED) is 0.851. The van der Waals surface area contributed by atoms with Gasteiger partial charge in [0, 0.05) is 13.1 Å². The van der Waals surface area contributed by atoms with Gasteiger partial charge in [-0.3, -0.25) is 14.5 Å². The zero-order valence-corrected chi connectivity index (χ0v) is 13.8. The fourth-order valence-electron chi connectivity index (χ4n) is 3.25. The Balaban J connectivity index is 1.57. The molecule has 1 aromatic carbocycles. The van der Waals surface area contributed by atoms with Crippen LogP contribution in [0.3, 0.4) is 0 Å². The molecule has 6 heteroatoms. The Hall–Kier alpha value is -2.37. The van der Waals surface area contributed by atoms with Crippen molar-refractivity contribution in [2.24, 2.45) is 0 Å². The molecule has 0 aromatic heterocycles. The average molecular weight is 330 g/mol. The summed E-state index contributed by atoms with van der Waals surface area (Å²) in [6.07, 6.45) is 3.74. The molecule has 0 spiro atoms. The van der Waals surface area contributed by atoms with E-state index in [1.165, 1.54) is 30.9 Å². The standard InChI is InChI=1S/C18H22N2O4/c1-12(17(22)20-9-8-19-18(20)23)24-16(21)11-13-6-7-14-4-2-3-5-15(14)10-13/h6-7,10,12H,2-5,8-9,11H2,1H3,(H,19,23)/t12-/m1/s1. The monoisotopic (exact) mass is 330 g/mol. The fraction of sp³-hybridized carbons (Fsp3) is 0.500. The molecule has 1 N–H and O–H groups in total. The second-order valence-electron chi connectivity index (χ2n) is 6.34. The minimum Gasteiger partial charge on any atom is -0.452 e. The number of hydrogen-bond donors (Lipinski definition) is 1. The molecule has 1 fully saturated rings. The van der Waals surface area contributed by atoms with E-state index in [0.29, 0.717) is 13.1 Å². The Labute approximate surface area is 141 Å². The van der Waals surface area contributed by atoms with Gasteiger partial charge in [0.05, 0.1) is 6.42 Å². The van der Waals surface area contributed by atoms with Gasteiger partial charge in [0.15, 0.2) is 6.10 Å². The van der Waals surface area contributed by atoms with Crippen molar-refractivity contribution in [1.29, 1.82) is 0 Å². The number of nitrogens with zero attached hydrogens (tertiary/aromatic N) is 1. The number of rotatable bonds is 4. The Morgan fingerprint density at radius 2 is 2.00 bits per heavy atom. The summed E-state index contributed by atoms with van der Waals surface area (Å²) in [5, 5.41) is 2.55. The minimum atomic E-state index is -0.959. The van der Waals surface area contributed by atoms with Crippen LogP contribution in [-0.4, -0.2) is 42.0 Å². The van der Waals surface area contributed by atoms with E-state index in [4.69, 9.17) is 4.74 Å². The third kappa shape index (κ3) is 3.58. The SMILES string of the molecule is C[C@@H](OC(=O)Cc1ccc2c(c1)CCCC2)C(=O)N1CCNC1=O. The normalized spacial score (nSPS) is 17.9. The molecular formula is C18H22N2O4. The highest BCUT2D eigenvalue weighted by Gasteiger charge is 2.31. The molecule has 6 nitrogen and oxygen atoms in total. The molecule has 3 rings (SSSR count). The van der Waals surface area contributed by atoms with Crippen molar-refractivity contribution in [1.82, 2.24) is 10.2 Å². The van der Waals surface area contributed by atoms with Crippen molar-refractivity contribution in [2.75, 3.05) is 13.1 Å². The van der Waals surface area contributed by atoms with Crippen LogP contribution in [0, 0.1) is 0 Å². The predicted molar refractivity (Wildman–Crippen MR) is 87.5 cm³/mol. The maximum absolute atomic E-state index is 12.1. The summed E-state index contributed by atoms with van der Waals surface area (Å²) in [5.41, 5.74) is 3.57. The zero-order chi connectivity index (χ0) is 17.1. The van der Waals surface area contributed by atoms with E-state index < -0.39 is 24.0 Å². The van der Waals surface area contributed by atoms with Gasteiger partial charge < -0.3 is 10.1 Å². The highest BCUT2D eigenvalue weighted by molar-refractivity contribution is 5.98. The molecule has 24 heavy (non-hydrogen) atoms. The number of amides is 3. The number of fused-ring (bicyclic) bond motifs is 1. The summed E-state index contributed by atoms with van der Waals surface area (Å²) in [6, 6.07) is 5.67. The molecule has 1 aromatic rings. The van der Waals surface area contributed by atoms with Crippen molar-refractivity contribution in [2.45, 2.75) is 45.1 Å². The number of carbonyl (C=O) groups excluding carboxylic acids is 3. The maximum Gasteiger partial charge on any atom is 0.324 e. The van der Waals surface area contributed by atoms with Gasteiger partial charge >= 0.3 is 12.0 Å². The molecule has 1 saturated heterocycles. The van der Waals surface area contributed by atoms with Crippen molar-refractivity contribution < 1.29 is 19.1 Å². The third-order valence-electron chi connectivity index (χ3n) is 4.54. The van der Waals surface area contributed by atoms with Crippen LogP contribution in [0.15, 0.2) is 18.2 Å². The number of aryl methyl sites for hydroxylation is 2. The molecule has 2 aliphatic rings. The number of imide groups is 1. The molecule has 1 heterocycles. The highest BCUT2D eigenvalue weighted by Crippen LogP contribution is 2.22. The van der Waals surface area contributed by atoms with Crippen LogP contribution < -0.4 is 5.32 Å². The Morgan fingerprint density at radius 3 is 2.71 bits per heavy atom. The fourth-order valence-corrected chi connectivity index (χ4v) is 3.25. The lowest BCUT2D eigenvalue weighted by atomic mass is 9.90. The number of urea groups is 1. The number of ether oxygens (including phenoxy) is 1. The van der Waals surface area contributed by atoms with Crippen LogP contribution in [-0.2, 0) is 33.6 Å². The lowest BCUT2D eigenvalue weighted by Gasteiger charge is -2.19. The van der Waals surface area contributed by atoms with Crippen molar-refractivity contribution in [3.63, 3.8) is 0 Å². The first-order valence-electron chi connectivity index (χ1n) is 8.44. The van der Waals surface area contributed by atoms with Crippen molar-refractivity contribution in [3.05, 3.63) is 34.9 Å². The van der Waals surface area contributed by atoms with Crippen LogP contribution in [0.4, 0.5) is 4.79 Å². The number of hydrogen-bond acceptors (Lipinski definition) is 4. The molecular weight excluding hydrogens is 308 g/mol. The van der Waals surface area contributed by atoms with Crippen LogP contribution >= 0.6 is 0 Å². The first kappa shape index (κ1) is 16.5. The zero-order valence-electron chi connectivity index (χ0n) is 13.8. The first-order chi connectivity index (χ1) is 11.5. The lowest BCUT2D eigenvalue weighted by Crippen LogP contribution is -2.42. The van der Waals surface area contributed by atoms with E-state index in [-0.39, 0.29) is 6.42 Å². The summed E-state index contributed by atoms with van der Waals surface area (Å²) in [6.45, 7) is 2.24. The molecule has 1 aliphatic heterocycles. The van der Waals surface area contributed by atoms with E-state index in [9.17, 15) is 14.4 Å². The topological polar surface area (TPSA) is 75.7 Å². The molecule has 0 radical (unpaired) electrons. The Bertz CT molecular complexity index is 671. The summed E-state index contributed by atoms with van der Waals surface area (Å²) >= 11 is 0. The van der Waals surface area contributed by atoms with E-state index in [0.717, 1.165) is 23.3 Å². The second-order valence-corrected chi connectivity index (χ2v) is 6.34. The van der Waals surface area contributed by atoms with Crippen LogP contribution in [0.1, 0.15) is 36.5 Å². The van der Waals surface area contributed by atoms with Crippen molar-refractivity contribution in [3.8, 4) is 0 Å². The second kappa shape index (κ2) is 7.03. The van der Waals surface area contributed by atoms with Gasteiger partial charge in [-0.1, -0.05) is 18.2 Å². The maximum atomic E-state index is 12.1. The van der Waals surface area contributed by atoms with Gasteiger partial charge in [0.1, 0.15) is 0 Å². The molecule has 0 saturated carbocycles. The van der Waals surface area contributed by atoms with Gasteiger partial charge in [-0.15, -0.1) is 0 Å². The average Bonchev–Trinajstić information content (AvgIpc) is 2.99. The molecule has 1 atom stereocenters. The van der Waals surface area contributed by atoms with Crippen LogP contribution in [0.5, 0.6) is 0 Å². The number of esters is 1. The largest absolute Gasteiger partial charge is 0.452 e. The van der Waals surface area contributed by atoms with Gasteiger partial charge in [-0.05, 0) is 49.3 Å². The Morgan fingerprint density at radius 1 is 1.25 bits per heavy atom. The predicted octanol–water partition coefficient (Wildman–Crippen LogP) is 1.59. The smallest absolute Gasteiger partial charge is 0.324 e. The number of nitrogens with one attached hydrogen (secondary N) is 1. The molecule has 0 unspecified atom stereocenters. The molecule has 1 aliphatic carbocycles. The first-order valence-corrected chi connectivity index (χ1v) is 8.44. The molecule has 128 valence electrons. The lowest BCUT2D eigenvalue weighted by molar-refractivity contribution is -0.156. The summed E-state index contributed by atoms with van der Waals surface area (Å²) in [4.78, 5) is 36.8. The minimum absolute atomic E-state index is 0.136. The van der Waals surface area contributed by atoms with Gasteiger partial charge in [-0.25, -0.2) is 4.79 Å². The molecule has 0 bridgehead atoms. The Kier molecular flexibility index (Phi) is 4.83. The van der Waals surface area contributed by atoms with Gasteiger partial charge in [0.25, 0.3) is 5.91 Å². The number of carbonyl (C=O) groups is 3. The van der Waals surface area contributed by atoms with E-state index in [1.54, 1.807) is 0 Å². The summed E-state index contributed by atoms with van der Waals surface area (Å²) in [5.74, 6) is -0.935. The van der Waals surface area contributed by atoms with Gasteiger partial charge in [0.2, 0.25) is 0 Å². The van der Waals surface area contributed by atoms with Crippen molar-refractivity contribution >= 4 is 17.9 Å². The highest BCUT2D eigenvalue weighted by atomic mass is 16.5.